The summed E-state index contributed by atoms with van der Waals surface area (Å²) >= 11 is 1.45. The zero-order valence-corrected chi connectivity index (χ0v) is 10.7. The number of hydrogen-bond donors (Lipinski definition) is 0. The van der Waals surface area contributed by atoms with E-state index in [1.165, 1.54) is 18.4 Å². The van der Waals surface area contributed by atoms with Gasteiger partial charge in [-0.1, -0.05) is 37.3 Å². The van der Waals surface area contributed by atoms with Crippen LogP contribution in [0.1, 0.15) is 22.2 Å². The monoisotopic (exact) mass is 246 g/mol. The highest BCUT2D eigenvalue weighted by molar-refractivity contribution is 7.12. The summed E-state index contributed by atoms with van der Waals surface area (Å²) in [6.07, 6.45) is 0.832. The van der Waals surface area contributed by atoms with Crippen LogP contribution in [0.5, 0.6) is 0 Å². The molecule has 0 saturated carbocycles. The van der Waals surface area contributed by atoms with E-state index in [9.17, 15) is 4.79 Å². The minimum absolute atomic E-state index is 0.242. The van der Waals surface area contributed by atoms with Crippen molar-refractivity contribution < 1.29 is 9.53 Å². The molecule has 1 aromatic heterocycles. The van der Waals surface area contributed by atoms with Crippen molar-refractivity contribution in [2.75, 3.05) is 7.11 Å². The molecule has 0 aliphatic carbocycles. The van der Waals surface area contributed by atoms with Crippen LogP contribution >= 0.6 is 11.3 Å². The second-order valence-electron chi connectivity index (χ2n) is 3.67. The molecular weight excluding hydrogens is 232 g/mol. The number of ether oxygens (including phenoxy) is 1. The smallest absolute Gasteiger partial charge is 0.348 e. The van der Waals surface area contributed by atoms with Crippen LogP contribution in [0, 0.1) is 0 Å². The number of carbonyl (C=O) groups is 1. The highest BCUT2D eigenvalue weighted by Crippen LogP contribution is 2.32. The molecule has 0 aliphatic rings. The van der Waals surface area contributed by atoms with Gasteiger partial charge in [0, 0.05) is 0 Å². The summed E-state index contributed by atoms with van der Waals surface area (Å²) in [5.74, 6) is -0.242. The molecule has 0 fully saturated rings. The zero-order chi connectivity index (χ0) is 12.3. The average molecular weight is 246 g/mol. The number of esters is 1. The predicted molar refractivity (Wildman–Crippen MR) is 70.5 cm³/mol. The first-order chi connectivity index (χ1) is 8.27. The average Bonchev–Trinajstić information content (AvgIpc) is 2.82. The molecule has 0 aliphatic heterocycles. The van der Waals surface area contributed by atoms with Gasteiger partial charge in [-0.15, -0.1) is 11.3 Å². The Morgan fingerprint density at radius 2 is 2.00 bits per heavy atom. The summed E-state index contributed by atoms with van der Waals surface area (Å²) in [6, 6.07) is 10.1. The van der Waals surface area contributed by atoms with E-state index in [2.05, 4.69) is 19.1 Å². The molecule has 3 heteroatoms. The lowest BCUT2D eigenvalue weighted by atomic mass is 10.0. The van der Waals surface area contributed by atoms with Crippen molar-refractivity contribution in [3.63, 3.8) is 0 Å². The summed E-state index contributed by atoms with van der Waals surface area (Å²) in [6.45, 7) is 2.06. The van der Waals surface area contributed by atoms with E-state index in [1.807, 2.05) is 23.6 Å². The Morgan fingerprint density at radius 3 is 2.59 bits per heavy atom. The molecule has 0 unspecified atom stereocenters. The Labute approximate surface area is 105 Å². The van der Waals surface area contributed by atoms with E-state index < -0.39 is 0 Å². The fraction of sp³-hybridized carbons (Fsp3) is 0.214. The Bertz CT molecular complexity index is 514. The van der Waals surface area contributed by atoms with Gasteiger partial charge in [0.1, 0.15) is 4.88 Å². The minimum atomic E-state index is -0.242. The van der Waals surface area contributed by atoms with E-state index in [0.29, 0.717) is 4.88 Å². The Morgan fingerprint density at radius 1 is 1.29 bits per heavy atom. The zero-order valence-electron chi connectivity index (χ0n) is 9.90. The Hall–Kier alpha value is -1.61. The molecule has 0 bridgehead atoms. The summed E-state index contributed by atoms with van der Waals surface area (Å²) < 4.78 is 4.80. The van der Waals surface area contributed by atoms with Gasteiger partial charge in [0.05, 0.1) is 7.11 Å². The third kappa shape index (κ3) is 2.24. The third-order valence-electron chi connectivity index (χ3n) is 2.70. The molecule has 1 heterocycles. The predicted octanol–water partition coefficient (Wildman–Crippen LogP) is 3.76. The van der Waals surface area contributed by atoms with Crippen molar-refractivity contribution in [3.05, 3.63) is 46.2 Å². The van der Waals surface area contributed by atoms with Gasteiger partial charge in [0.15, 0.2) is 0 Å². The van der Waals surface area contributed by atoms with Crippen LogP contribution in [0.2, 0.25) is 0 Å². The molecule has 2 nitrogen and oxygen atoms in total. The minimum Gasteiger partial charge on any atom is -0.465 e. The molecule has 2 aromatic rings. The summed E-state index contributed by atoms with van der Waals surface area (Å²) in [5, 5.41) is 2.03. The van der Waals surface area contributed by atoms with Crippen molar-refractivity contribution in [3.8, 4) is 11.1 Å². The van der Waals surface area contributed by atoms with E-state index in [1.54, 1.807) is 0 Å². The van der Waals surface area contributed by atoms with E-state index in [-0.39, 0.29) is 5.97 Å². The van der Waals surface area contributed by atoms with Crippen molar-refractivity contribution in [1.29, 1.82) is 0 Å². The first kappa shape index (κ1) is 11.9. The van der Waals surface area contributed by atoms with Crippen molar-refractivity contribution in [2.45, 2.75) is 13.3 Å². The van der Waals surface area contributed by atoms with Gasteiger partial charge in [-0.2, -0.15) is 0 Å². The van der Waals surface area contributed by atoms with Crippen molar-refractivity contribution in [1.82, 2.24) is 0 Å². The van der Waals surface area contributed by atoms with E-state index in [0.717, 1.165) is 23.1 Å². The summed E-state index contributed by atoms with van der Waals surface area (Å²) in [5.41, 5.74) is 3.36. The van der Waals surface area contributed by atoms with Gasteiger partial charge in [0.25, 0.3) is 0 Å². The van der Waals surface area contributed by atoms with Gasteiger partial charge in [0.2, 0.25) is 0 Å². The molecular formula is C14H14O2S. The van der Waals surface area contributed by atoms with Gasteiger partial charge in [-0.3, -0.25) is 0 Å². The number of rotatable bonds is 3. The molecule has 0 saturated heterocycles. The highest BCUT2D eigenvalue weighted by Gasteiger charge is 2.17. The lowest BCUT2D eigenvalue weighted by molar-refractivity contribution is 0.0605. The lowest BCUT2D eigenvalue weighted by Crippen LogP contribution is -2.01. The number of benzene rings is 1. The molecule has 0 amide bonds. The maximum absolute atomic E-state index is 11.6. The fourth-order valence-corrected chi connectivity index (χ4v) is 2.95. The molecule has 0 radical (unpaired) electrons. The standard InChI is InChI=1S/C14H14O2S/c1-3-11-12(10-7-5-4-6-8-10)9-17-13(11)14(15)16-2/h4-9H,3H2,1-2H3. The third-order valence-corrected chi connectivity index (χ3v) is 3.71. The van der Waals surface area contributed by atoms with Gasteiger partial charge in [-0.25, -0.2) is 4.79 Å². The highest BCUT2D eigenvalue weighted by atomic mass is 32.1. The Kier molecular flexibility index (Phi) is 3.59. The number of hydrogen-bond acceptors (Lipinski definition) is 3. The van der Waals surface area contributed by atoms with Crippen LogP contribution in [-0.4, -0.2) is 13.1 Å². The van der Waals surface area contributed by atoms with Crippen molar-refractivity contribution >= 4 is 17.3 Å². The molecule has 1 aromatic carbocycles. The number of thiophene rings is 1. The molecule has 17 heavy (non-hydrogen) atoms. The van der Waals surface area contributed by atoms with Gasteiger partial charge >= 0.3 is 5.97 Å². The molecule has 0 N–H and O–H groups in total. The molecule has 0 atom stereocenters. The van der Waals surface area contributed by atoms with E-state index >= 15 is 0 Å². The molecule has 0 spiro atoms. The van der Waals surface area contributed by atoms with Crippen LogP contribution in [0.4, 0.5) is 0 Å². The fourth-order valence-electron chi connectivity index (χ4n) is 1.86. The quantitative estimate of drug-likeness (QED) is 0.771. The Balaban J connectivity index is 2.50. The first-order valence-electron chi connectivity index (χ1n) is 5.52. The van der Waals surface area contributed by atoms with E-state index in [4.69, 9.17) is 4.74 Å². The number of carbonyl (C=O) groups excluding carboxylic acids is 1. The first-order valence-corrected chi connectivity index (χ1v) is 6.40. The second-order valence-corrected chi connectivity index (χ2v) is 4.55. The maximum Gasteiger partial charge on any atom is 0.348 e. The topological polar surface area (TPSA) is 26.3 Å². The van der Waals surface area contributed by atoms with Gasteiger partial charge < -0.3 is 4.74 Å². The molecule has 2 rings (SSSR count). The van der Waals surface area contributed by atoms with Gasteiger partial charge in [-0.05, 0) is 28.5 Å². The van der Waals surface area contributed by atoms with Crippen LogP contribution in [0.15, 0.2) is 35.7 Å². The van der Waals surface area contributed by atoms with Crippen molar-refractivity contribution in [2.24, 2.45) is 0 Å². The summed E-state index contributed by atoms with van der Waals surface area (Å²) in [4.78, 5) is 12.3. The number of methoxy groups -OCH3 is 1. The second kappa shape index (κ2) is 5.15. The molecule has 88 valence electrons. The van der Waals surface area contributed by atoms with Crippen LogP contribution < -0.4 is 0 Å². The van der Waals surface area contributed by atoms with Crippen LogP contribution in [-0.2, 0) is 11.2 Å². The normalized spacial score (nSPS) is 10.2. The maximum atomic E-state index is 11.6. The largest absolute Gasteiger partial charge is 0.465 e. The van der Waals surface area contributed by atoms with Crippen LogP contribution in [0.3, 0.4) is 0 Å². The SMILES string of the molecule is CCc1c(-c2ccccc2)csc1C(=O)OC. The van der Waals surface area contributed by atoms with Crippen LogP contribution in [0.25, 0.3) is 11.1 Å². The lowest BCUT2D eigenvalue weighted by Gasteiger charge is -2.04. The summed E-state index contributed by atoms with van der Waals surface area (Å²) in [7, 11) is 1.42.